The van der Waals surface area contributed by atoms with Crippen molar-refractivity contribution in [2.75, 3.05) is 0 Å². The van der Waals surface area contributed by atoms with Gasteiger partial charge in [0.1, 0.15) is 0 Å². The maximum Gasteiger partial charge on any atom is 0.0410 e. The molecule has 88 valence electrons. The molecule has 0 atom stereocenters. The molecule has 0 heterocycles. The van der Waals surface area contributed by atoms with Gasteiger partial charge in [-0.15, -0.1) is 0 Å². The third-order valence-electron chi connectivity index (χ3n) is 3.19. The van der Waals surface area contributed by atoms with Crippen LogP contribution in [0.3, 0.4) is 0 Å². The van der Waals surface area contributed by atoms with Gasteiger partial charge in [0.2, 0.25) is 0 Å². The average molecular weight is 303 g/mol. The Morgan fingerprint density at radius 3 is 2.75 bits per heavy atom. The summed E-state index contributed by atoms with van der Waals surface area (Å²) in [6.07, 6.45) is 6.78. The molecule has 1 saturated carbocycles. The van der Waals surface area contributed by atoms with E-state index in [0.29, 0.717) is 6.04 Å². The Balaban J connectivity index is 1.90. The summed E-state index contributed by atoms with van der Waals surface area (Å²) in [6.45, 7) is 0.909. The van der Waals surface area contributed by atoms with Crippen LogP contribution in [0.5, 0.6) is 0 Å². The van der Waals surface area contributed by atoms with E-state index in [2.05, 4.69) is 21.2 Å². The van der Waals surface area contributed by atoms with Crippen LogP contribution in [0.4, 0.5) is 0 Å². The van der Waals surface area contributed by atoms with E-state index in [1.54, 1.807) is 0 Å². The van der Waals surface area contributed by atoms with Gasteiger partial charge in [-0.25, -0.2) is 0 Å². The van der Waals surface area contributed by atoms with Crippen molar-refractivity contribution in [3.63, 3.8) is 0 Å². The number of benzene rings is 1. The fraction of sp³-hybridized carbons (Fsp3) is 0.538. The Labute approximate surface area is 111 Å². The Kier molecular flexibility index (Phi) is 4.68. The zero-order valence-electron chi connectivity index (χ0n) is 9.31. The van der Waals surface area contributed by atoms with Gasteiger partial charge >= 0.3 is 0 Å². The number of halogens is 2. The van der Waals surface area contributed by atoms with Crippen LogP contribution in [-0.2, 0) is 6.54 Å². The minimum absolute atomic E-state index is 0.694. The smallest absolute Gasteiger partial charge is 0.0410 e. The van der Waals surface area contributed by atoms with Gasteiger partial charge in [-0.2, -0.15) is 0 Å². The SMILES string of the molecule is Clc1ccc(Br)c(CNC2CCCCC2)c1. The molecule has 0 amide bonds. The van der Waals surface area contributed by atoms with Crippen LogP contribution in [0, 0.1) is 0 Å². The van der Waals surface area contributed by atoms with E-state index in [-0.39, 0.29) is 0 Å². The first-order valence-electron chi connectivity index (χ1n) is 5.93. The van der Waals surface area contributed by atoms with Gasteiger partial charge in [0.05, 0.1) is 0 Å². The molecule has 0 spiro atoms. The van der Waals surface area contributed by atoms with Crippen molar-refractivity contribution in [3.05, 3.63) is 33.3 Å². The molecule has 0 saturated heterocycles. The summed E-state index contributed by atoms with van der Waals surface area (Å²) in [5.74, 6) is 0. The van der Waals surface area contributed by atoms with Gasteiger partial charge in [-0.1, -0.05) is 46.8 Å². The molecular weight excluding hydrogens is 286 g/mol. The van der Waals surface area contributed by atoms with Crippen LogP contribution < -0.4 is 5.32 Å². The minimum Gasteiger partial charge on any atom is -0.310 e. The second kappa shape index (κ2) is 6.04. The Morgan fingerprint density at radius 2 is 2.00 bits per heavy atom. The monoisotopic (exact) mass is 301 g/mol. The summed E-state index contributed by atoms with van der Waals surface area (Å²) in [5, 5.41) is 4.43. The van der Waals surface area contributed by atoms with E-state index >= 15 is 0 Å². The largest absolute Gasteiger partial charge is 0.310 e. The van der Waals surface area contributed by atoms with Crippen LogP contribution in [0.25, 0.3) is 0 Å². The number of hydrogen-bond donors (Lipinski definition) is 1. The van der Waals surface area contributed by atoms with Crippen molar-refractivity contribution in [3.8, 4) is 0 Å². The predicted molar refractivity (Wildman–Crippen MR) is 72.9 cm³/mol. The van der Waals surface area contributed by atoms with Gasteiger partial charge in [0, 0.05) is 22.1 Å². The highest BCUT2D eigenvalue weighted by atomic mass is 79.9. The lowest BCUT2D eigenvalue weighted by atomic mass is 9.95. The summed E-state index contributed by atoms with van der Waals surface area (Å²) in [5.41, 5.74) is 1.25. The summed E-state index contributed by atoms with van der Waals surface area (Å²) in [6, 6.07) is 6.65. The topological polar surface area (TPSA) is 12.0 Å². The number of rotatable bonds is 3. The number of nitrogens with one attached hydrogen (secondary N) is 1. The molecule has 0 aliphatic heterocycles. The molecule has 1 N–H and O–H groups in total. The first-order chi connectivity index (χ1) is 7.75. The Hall–Kier alpha value is -0.0500. The summed E-state index contributed by atoms with van der Waals surface area (Å²) in [7, 11) is 0. The molecule has 1 aromatic carbocycles. The molecule has 1 nitrogen and oxygen atoms in total. The van der Waals surface area contributed by atoms with E-state index in [4.69, 9.17) is 11.6 Å². The van der Waals surface area contributed by atoms with Crippen molar-refractivity contribution >= 4 is 27.5 Å². The minimum atomic E-state index is 0.694. The fourth-order valence-corrected chi connectivity index (χ4v) is 2.82. The highest BCUT2D eigenvalue weighted by Gasteiger charge is 2.12. The molecule has 0 bridgehead atoms. The standard InChI is InChI=1S/C13H17BrClN/c14-13-7-6-11(15)8-10(13)9-16-12-4-2-1-3-5-12/h6-8,12,16H,1-5,9H2. The first-order valence-corrected chi connectivity index (χ1v) is 7.10. The zero-order valence-corrected chi connectivity index (χ0v) is 11.6. The van der Waals surface area contributed by atoms with E-state index in [1.165, 1.54) is 37.7 Å². The lowest BCUT2D eigenvalue weighted by Gasteiger charge is -2.23. The maximum atomic E-state index is 5.99. The summed E-state index contributed by atoms with van der Waals surface area (Å²) in [4.78, 5) is 0. The highest BCUT2D eigenvalue weighted by molar-refractivity contribution is 9.10. The number of hydrogen-bond acceptors (Lipinski definition) is 1. The normalized spacial score (nSPS) is 17.6. The first kappa shape index (κ1) is 12.4. The molecule has 0 radical (unpaired) electrons. The Bertz CT molecular complexity index is 348. The van der Waals surface area contributed by atoms with Crippen molar-refractivity contribution in [2.45, 2.75) is 44.7 Å². The molecule has 1 aromatic rings. The van der Waals surface area contributed by atoms with E-state index in [9.17, 15) is 0 Å². The van der Waals surface area contributed by atoms with Crippen LogP contribution in [-0.4, -0.2) is 6.04 Å². The molecule has 1 fully saturated rings. The van der Waals surface area contributed by atoms with Crippen molar-refractivity contribution in [1.29, 1.82) is 0 Å². The second-order valence-electron chi connectivity index (χ2n) is 4.45. The van der Waals surface area contributed by atoms with E-state index in [1.807, 2.05) is 18.2 Å². The van der Waals surface area contributed by atoms with Crippen LogP contribution >= 0.6 is 27.5 Å². The van der Waals surface area contributed by atoms with Crippen molar-refractivity contribution < 1.29 is 0 Å². The van der Waals surface area contributed by atoms with Gasteiger partial charge in [-0.3, -0.25) is 0 Å². The average Bonchev–Trinajstić information content (AvgIpc) is 2.32. The zero-order chi connectivity index (χ0) is 11.4. The van der Waals surface area contributed by atoms with Crippen LogP contribution in [0.1, 0.15) is 37.7 Å². The third kappa shape index (κ3) is 3.47. The van der Waals surface area contributed by atoms with E-state index < -0.39 is 0 Å². The molecule has 1 aliphatic rings. The van der Waals surface area contributed by atoms with E-state index in [0.717, 1.165) is 16.0 Å². The Morgan fingerprint density at radius 1 is 1.25 bits per heavy atom. The molecule has 2 rings (SSSR count). The molecular formula is C13H17BrClN. The molecule has 0 unspecified atom stereocenters. The summed E-state index contributed by atoms with van der Waals surface area (Å²) >= 11 is 9.55. The lowest BCUT2D eigenvalue weighted by molar-refractivity contribution is 0.372. The second-order valence-corrected chi connectivity index (χ2v) is 5.74. The molecule has 16 heavy (non-hydrogen) atoms. The lowest BCUT2D eigenvalue weighted by Crippen LogP contribution is -2.30. The van der Waals surface area contributed by atoms with Gasteiger partial charge < -0.3 is 5.32 Å². The van der Waals surface area contributed by atoms with Gasteiger partial charge in [0.25, 0.3) is 0 Å². The molecule has 0 aromatic heterocycles. The predicted octanol–water partition coefficient (Wildman–Crippen LogP) is 4.52. The van der Waals surface area contributed by atoms with Crippen molar-refractivity contribution in [1.82, 2.24) is 5.32 Å². The van der Waals surface area contributed by atoms with Gasteiger partial charge in [-0.05, 0) is 36.6 Å². The van der Waals surface area contributed by atoms with Crippen molar-refractivity contribution in [2.24, 2.45) is 0 Å². The quantitative estimate of drug-likeness (QED) is 0.865. The summed E-state index contributed by atoms with van der Waals surface area (Å²) < 4.78 is 1.14. The van der Waals surface area contributed by atoms with Crippen LogP contribution in [0.15, 0.2) is 22.7 Å². The van der Waals surface area contributed by atoms with Gasteiger partial charge in [0.15, 0.2) is 0 Å². The third-order valence-corrected chi connectivity index (χ3v) is 4.20. The highest BCUT2D eigenvalue weighted by Crippen LogP contribution is 2.22. The fourth-order valence-electron chi connectivity index (χ4n) is 2.24. The molecule has 3 heteroatoms. The van der Waals surface area contributed by atoms with Crippen LogP contribution in [0.2, 0.25) is 5.02 Å². The maximum absolute atomic E-state index is 5.99. The molecule has 1 aliphatic carbocycles.